The van der Waals surface area contributed by atoms with Gasteiger partial charge in [-0.15, -0.1) is 0 Å². The number of aldehydes is 1. The summed E-state index contributed by atoms with van der Waals surface area (Å²) >= 11 is 0. The van der Waals surface area contributed by atoms with E-state index >= 15 is 0 Å². The van der Waals surface area contributed by atoms with Gasteiger partial charge in [-0.05, 0) is 12.8 Å². The van der Waals surface area contributed by atoms with Gasteiger partial charge < -0.3 is 4.79 Å². The number of rotatable bonds is 29. The Morgan fingerprint density at radius 1 is 0.343 bits per heavy atom. The molecule has 0 aliphatic heterocycles. The van der Waals surface area contributed by atoms with Crippen LogP contribution < -0.4 is 0 Å². The Bertz CT molecular complexity index is 409. The van der Waals surface area contributed by atoms with Crippen LogP contribution in [0.25, 0.3) is 0 Å². The molecule has 0 aromatic heterocycles. The smallest absolute Gasteiger partial charge is 0.303 e. The standard InChI is InChI=1S/C31H59F3O/c32-31(33,34)29-27-25-23-21-19-17-15-13-11-9-7-5-3-1-2-4-6-8-10-12-14-16-18-20-22-24-26-28-30-35/h30H,1-29H2. The van der Waals surface area contributed by atoms with Crippen molar-refractivity contribution in [3.05, 3.63) is 0 Å². The highest BCUT2D eigenvalue weighted by atomic mass is 19.4. The highest BCUT2D eigenvalue weighted by molar-refractivity contribution is 5.48. The molecular formula is C31H59F3O. The van der Waals surface area contributed by atoms with Gasteiger partial charge in [0.15, 0.2) is 0 Å². The lowest BCUT2D eigenvalue weighted by atomic mass is 10.0. The van der Waals surface area contributed by atoms with Crippen molar-refractivity contribution in [2.24, 2.45) is 0 Å². The van der Waals surface area contributed by atoms with E-state index in [1.54, 1.807) is 0 Å². The van der Waals surface area contributed by atoms with E-state index in [4.69, 9.17) is 0 Å². The molecule has 0 amide bonds. The zero-order valence-corrected chi connectivity index (χ0v) is 23.1. The first-order valence-electron chi connectivity index (χ1n) is 15.6. The van der Waals surface area contributed by atoms with Crippen LogP contribution in [-0.2, 0) is 4.79 Å². The van der Waals surface area contributed by atoms with Gasteiger partial charge in [-0.25, -0.2) is 0 Å². The second-order valence-electron chi connectivity index (χ2n) is 10.9. The molecule has 0 saturated carbocycles. The van der Waals surface area contributed by atoms with Crippen molar-refractivity contribution in [2.45, 2.75) is 192 Å². The number of halogens is 3. The maximum Gasteiger partial charge on any atom is 0.389 e. The van der Waals surface area contributed by atoms with Gasteiger partial charge in [0, 0.05) is 12.8 Å². The van der Waals surface area contributed by atoms with Crippen LogP contribution in [0.2, 0.25) is 0 Å². The molecule has 0 aromatic rings. The predicted molar refractivity (Wildman–Crippen MR) is 146 cm³/mol. The Balaban J connectivity index is 3.04. The summed E-state index contributed by atoms with van der Waals surface area (Å²) in [6.45, 7) is 0. The quantitative estimate of drug-likeness (QED) is 0.0731. The minimum absolute atomic E-state index is 0.302. The highest BCUT2D eigenvalue weighted by Gasteiger charge is 2.25. The number of alkyl halides is 3. The molecule has 0 rings (SSSR count). The highest BCUT2D eigenvalue weighted by Crippen LogP contribution is 2.23. The summed E-state index contributed by atoms with van der Waals surface area (Å²) in [5.74, 6) is 0. The van der Waals surface area contributed by atoms with Gasteiger partial charge in [0.1, 0.15) is 6.29 Å². The molecule has 210 valence electrons. The van der Waals surface area contributed by atoms with E-state index in [9.17, 15) is 18.0 Å². The normalized spacial score (nSPS) is 11.9. The van der Waals surface area contributed by atoms with Crippen molar-refractivity contribution in [2.75, 3.05) is 0 Å². The van der Waals surface area contributed by atoms with E-state index in [-0.39, 0.29) is 0 Å². The summed E-state index contributed by atoms with van der Waals surface area (Å²) in [5.41, 5.74) is 0. The molecule has 0 spiro atoms. The number of unbranched alkanes of at least 4 members (excludes halogenated alkanes) is 27. The summed E-state index contributed by atoms with van der Waals surface area (Å²) in [7, 11) is 0. The van der Waals surface area contributed by atoms with Crippen LogP contribution in [0, 0.1) is 0 Å². The molecule has 0 fully saturated rings. The Kier molecular flexibility index (Phi) is 27.6. The molecule has 1 nitrogen and oxygen atoms in total. The van der Waals surface area contributed by atoms with Crippen LogP contribution in [0.1, 0.15) is 186 Å². The van der Waals surface area contributed by atoms with Crippen LogP contribution in [0.15, 0.2) is 0 Å². The molecule has 0 aromatic carbocycles. The first kappa shape index (κ1) is 34.5. The fourth-order valence-corrected chi connectivity index (χ4v) is 4.97. The fraction of sp³-hybridized carbons (Fsp3) is 0.968. The molecule has 0 aliphatic rings. The third-order valence-corrected chi connectivity index (χ3v) is 7.28. The van der Waals surface area contributed by atoms with Crippen molar-refractivity contribution in [1.29, 1.82) is 0 Å². The zero-order valence-electron chi connectivity index (χ0n) is 23.1. The fourth-order valence-electron chi connectivity index (χ4n) is 4.97. The summed E-state index contributed by atoms with van der Waals surface area (Å²) in [6, 6.07) is 0. The summed E-state index contributed by atoms with van der Waals surface area (Å²) < 4.78 is 36.2. The van der Waals surface area contributed by atoms with E-state index in [2.05, 4.69) is 0 Å². The van der Waals surface area contributed by atoms with Gasteiger partial charge in [0.2, 0.25) is 0 Å². The molecule has 4 heteroatoms. The molecule has 0 heterocycles. The van der Waals surface area contributed by atoms with Gasteiger partial charge in [0.05, 0.1) is 0 Å². The van der Waals surface area contributed by atoms with Crippen molar-refractivity contribution >= 4 is 6.29 Å². The maximum atomic E-state index is 12.1. The van der Waals surface area contributed by atoms with E-state index in [0.29, 0.717) is 6.42 Å². The van der Waals surface area contributed by atoms with Crippen LogP contribution in [-0.4, -0.2) is 12.5 Å². The lowest BCUT2D eigenvalue weighted by Crippen LogP contribution is -2.06. The number of carbonyl (C=O) groups is 1. The van der Waals surface area contributed by atoms with Crippen LogP contribution in [0.3, 0.4) is 0 Å². The Hall–Kier alpha value is -0.540. The van der Waals surface area contributed by atoms with Gasteiger partial charge >= 0.3 is 6.18 Å². The molecule has 0 atom stereocenters. The van der Waals surface area contributed by atoms with Crippen molar-refractivity contribution in [3.63, 3.8) is 0 Å². The molecule has 0 unspecified atom stereocenters. The first-order valence-corrected chi connectivity index (χ1v) is 15.6. The largest absolute Gasteiger partial charge is 0.389 e. The van der Waals surface area contributed by atoms with E-state index in [1.165, 1.54) is 141 Å². The molecule has 0 N–H and O–H groups in total. The minimum atomic E-state index is -3.97. The second-order valence-corrected chi connectivity index (χ2v) is 10.9. The van der Waals surface area contributed by atoms with Gasteiger partial charge in [-0.3, -0.25) is 0 Å². The van der Waals surface area contributed by atoms with E-state index < -0.39 is 12.6 Å². The molecule has 0 radical (unpaired) electrons. The third kappa shape index (κ3) is 33.5. The topological polar surface area (TPSA) is 17.1 Å². The minimum Gasteiger partial charge on any atom is -0.303 e. The van der Waals surface area contributed by atoms with Crippen LogP contribution in [0.5, 0.6) is 0 Å². The number of hydrogen-bond donors (Lipinski definition) is 0. The molecule has 0 aliphatic carbocycles. The number of carbonyl (C=O) groups excluding carboxylic acids is 1. The SMILES string of the molecule is O=CCCCCCCCCCCCCCCCCCCCCCCCCCCCCCC(F)(F)F. The Morgan fingerprint density at radius 3 is 0.743 bits per heavy atom. The zero-order chi connectivity index (χ0) is 25.7. The van der Waals surface area contributed by atoms with Crippen molar-refractivity contribution in [3.8, 4) is 0 Å². The summed E-state index contributed by atoms with van der Waals surface area (Å²) in [6.07, 6.45) is 31.3. The lowest BCUT2D eigenvalue weighted by molar-refractivity contribution is -0.135. The lowest BCUT2D eigenvalue weighted by Gasteiger charge is -2.06. The third-order valence-electron chi connectivity index (χ3n) is 7.28. The molecule has 0 saturated heterocycles. The average molecular weight is 505 g/mol. The maximum absolute atomic E-state index is 12.1. The van der Waals surface area contributed by atoms with E-state index in [1.807, 2.05) is 0 Å². The van der Waals surface area contributed by atoms with Crippen LogP contribution >= 0.6 is 0 Å². The molecule has 0 bridgehead atoms. The van der Waals surface area contributed by atoms with Gasteiger partial charge in [-0.1, -0.05) is 161 Å². The second kappa shape index (κ2) is 28.0. The first-order chi connectivity index (χ1) is 17.1. The number of hydrogen-bond acceptors (Lipinski definition) is 1. The van der Waals surface area contributed by atoms with Crippen molar-refractivity contribution in [1.82, 2.24) is 0 Å². The van der Waals surface area contributed by atoms with E-state index in [0.717, 1.165) is 38.4 Å². The van der Waals surface area contributed by atoms with Gasteiger partial charge in [0.25, 0.3) is 0 Å². The summed E-state index contributed by atoms with van der Waals surface area (Å²) in [4.78, 5) is 10.3. The predicted octanol–water partition coefficient (Wildman–Crippen LogP) is 12.1. The monoisotopic (exact) mass is 504 g/mol. The average Bonchev–Trinajstić information content (AvgIpc) is 2.82. The van der Waals surface area contributed by atoms with Gasteiger partial charge in [-0.2, -0.15) is 13.2 Å². The Morgan fingerprint density at radius 2 is 0.543 bits per heavy atom. The van der Waals surface area contributed by atoms with Crippen LogP contribution in [0.4, 0.5) is 13.2 Å². The Labute approximate surface area is 216 Å². The molecular weight excluding hydrogens is 445 g/mol. The van der Waals surface area contributed by atoms with Crippen molar-refractivity contribution < 1.29 is 18.0 Å². The molecule has 35 heavy (non-hydrogen) atoms. The summed E-state index contributed by atoms with van der Waals surface area (Å²) in [5, 5.41) is 0.